The second-order valence-corrected chi connectivity index (χ2v) is 5.10. The first-order chi connectivity index (χ1) is 7.48. The van der Waals surface area contributed by atoms with Crippen molar-refractivity contribution >= 4 is 15.7 Å². The van der Waals surface area contributed by atoms with Crippen molar-refractivity contribution in [1.29, 1.82) is 0 Å². The zero-order valence-electron chi connectivity index (χ0n) is 8.38. The lowest BCUT2D eigenvalue weighted by atomic mass is 10.2. The van der Waals surface area contributed by atoms with Crippen LogP contribution in [0.15, 0.2) is 23.6 Å². The molecule has 0 atom stereocenters. The SMILES string of the molecule is CS(=O)(=O)c1ncc(-c2ccn[nH]2)c(N)n1. The zero-order chi connectivity index (χ0) is 11.8. The van der Waals surface area contributed by atoms with Gasteiger partial charge in [-0.1, -0.05) is 0 Å². The van der Waals surface area contributed by atoms with E-state index in [-0.39, 0.29) is 11.0 Å². The fourth-order valence-corrected chi connectivity index (χ4v) is 1.68. The first-order valence-electron chi connectivity index (χ1n) is 4.31. The van der Waals surface area contributed by atoms with Crippen molar-refractivity contribution in [2.45, 2.75) is 5.16 Å². The molecule has 0 amide bonds. The minimum Gasteiger partial charge on any atom is -0.383 e. The van der Waals surface area contributed by atoms with Crippen LogP contribution in [-0.2, 0) is 9.84 Å². The van der Waals surface area contributed by atoms with E-state index in [9.17, 15) is 8.42 Å². The molecule has 0 saturated heterocycles. The molecule has 2 heterocycles. The molecule has 2 aromatic rings. The minimum absolute atomic E-state index is 0.0969. The van der Waals surface area contributed by atoms with Crippen LogP contribution in [0, 0.1) is 0 Å². The number of hydrogen-bond donors (Lipinski definition) is 2. The summed E-state index contributed by atoms with van der Waals surface area (Å²) in [6.07, 6.45) is 3.93. The Morgan fingerprint density at radius 2 is 2.19 bits per heavy atom. The Morgan fingerprint density at radius 1 is 1.44 bits per heavy atom. The van der Waals surface area contributed by atoms with E-state index < -0.39 is 9.84 Å². The van der Waals surface area contributed by atoms with Crippen LogP contribution < -0.4 is 5.73 Å². The highest BCUT2D eigenvalue weighted by Gasteiger charge is 2.14. The zero-order valence-corrected chi connectivity index (χ0v) is 9.19. The summed E-state index contributed by atoms with van der Waals surface area (Å²) in [7, 11) is -3.44. The van der Waals surface area contributed by atoms with Crippen molar-refractivity contribution in [3.8, 4) is 11.3 Å². The van der Waals surface area contributed by atoms with Gasteiger partial charge in [0, 0.05) is 18.6 Å². The molecule has 0 spiro atoms. The molecule has 7 nitrogen and oxygen atoms in total. The molecular formula is C8H9N5O2S. The van der Waals surface area contributed by atoms with E-state index in [0.29, 0.717) is 11.3 Å². The molecule has 3 N–H and O–H groups in total. The molecular weight excluding hydrogens is 230 g/mol. The molecule has 0 saturated carbocycles. The molecule has 0 unspecified atom stereocenters. The van der Waals surface area contributed by atoms with Gasteiger partial charge in [-0.25, -0.2) is 18.4 Å². The van der Waals surface area contributed by atoms with Crippen LogP contribution in [0.25, 0.3) is 11.3 Å². The Hall–Kier alpha value is -1.96. The number of nitrogen functional groups attached to an aromatic ring is 1. The van der Waals surface area contributed by atoms with Gasteiger partial charge in [-0.2, -0.15) is 5.10 Å². The van der Waals surface area contributed by atoms with Crippen LogP contribution in [0.2, 0.25) is 0 Å². The highest BCUT2D eigenvalue weighted by molar-refractivity contribution is 7.90. The topological polar surface area (TPSA) is 115 Å². The van der Waals surface area contributed by atoms with E-state index in [1.165, 1.54) is 6.20 Å². The number of H-pyrrole nitrogens is 1. The molecule has 84 valence electrons. The molecule has 2 aromatic heterocycles. The number of nitrogens with two attached hydrogens (primary N) is 1. The van der Waals surface area contributed by atoms with Gasteiger partial charge in [0.2, 0.25) is 15.0 Å². The summed E-state index contributed by atoms with van der Waals surface area (Å²) in [5.41, 5.74) is 6.80. The number of aromatic nitrogens is 4. The lowest BCUT2D eigenvalue weighted by molar-refractivity contribution is 0.593. The van der Waals surface area contributed by atoms with E-state index >= 15 is 0 Å². The Labute approximate surface area is 91.7 Å². The fourth-order valence-electron chi connectivity index (χ4n) is 1.17. The third-order valence-electron chi connectivity index (χ3n) is 1.92. The molecule has 0 aromatic carbocycles. The first kappa shape index (κ1) is 10.6. The van der Waals surface area contributed by atoms with Crippen molar-refractivity contribution in [1.82, 2.24) is 20.2 Å². The van der Waals surface area contributed by atoms with Crippen LogP contribution in [-0.4, -0.2) is 34.8 Å². The fraction of sp³-hybridized carbons (Fsp3) is 0.125. The highest BCUT2D eigenvalue weighted by atomic mass is 32.2. The second kappa shape index (κ2) is 3.56. The predicted molar refractivity (Wildman–Crippen MR) is 57.1 cm³/mol. The first-order valence-corrected chi connectivity index (χ1v) is 6.20. The smallest absolute Gasteiger partial charge is 0.248 e. The Kier molecular flexibility index (Phi) is 2.35. The molecule has 0 aliphatic heterocycles. The van der Waals surface area contributed by atoms with Gasteiger partial charge in [-0.05, 0) is 6.07 Å². The van der Waals surface area contributed by atoms with Crippen molar-refractivity contribution in [3.63, 3.8) is 0 Å². The summed E-state index contributed by atoms with van der Waals surface area (Å²) in [6.45, 7) is 0. The summed E-state index contributed by atoms with van der Waals surface area (Å²) in [5.74, 6) is 0.0969. The van der Waals surface area contributed by atoms with Crippen LogP contribution in [0.5, 0.6) is 0 Å². The van der Waals surface area contributed by atoms with E-state index in [2.05, 4.69) is 20.2 Å². The Balaban J connectivity index is 2.54. The largest absolute Gasteiger partial charge is 0.383 e. The van der Waals surface area contributed by atoms with Gasteiger partial charge < -0.3 is 5.73 Å². The Bertz CT molecular complexity index is 605. The summed E-state index contributed by atoms with van der Waals surface area (Å²) >= 11 is 0. The molecule has 0 fully saturated rings. The maximum Gasteiger partial charge on any atom is 0.248 e. The van der Waals surface area contributed by atoms with E-state index in [4.69, 9.17) is 5.73 Å². The number of anilines is 1. The van der Waals surface area contributed by atoms with E-state index in [1.54, 1.807) is 12.3 Å². The van der Waals surface area contributed by atoms with Gasteiger partial charge in [0.25, 0.3) is 0 Å². The third-order valence-corrected chi connectivity index (χ3v) is 2.78. The van der Waals surface area contributed by atoms with Gasteiger partial charge in [0.05, 0.1) is 11.3 Å². The van der Waals surface area contributed by atoms with Crippen LogP contribution in [0.1, 0.15) is 0 Å². The molecule has 0 bridgehead atoms. The monoisotopic (exact) mass is 239 g/mol. The molecule has 0 radical (unpaired) electrons. The Morgan fingerprint density at radius 3 is 2.69 bits per heavy atom. The molecule has 16 heavy (non-hydrogen) atoms. The molecule has 0 aliphatic carbocycles. The van der Waals surface area contributed by atoms with Gasteiger partial charge in [0.1, 0.15) is 5.82 Å². The normalized spacial score (nSPS) is 11.6. The lowest BCUT2D eigenvalue weighted by Crippen LogP contribution is -2.07. The number of nitrogens with one attached hydrogen (secondary N) is 1. The number of nitrogens with zero attached hydrogens (tertiary/aromatic N) is 3. The summed E-state index contributed by atoms with van der Waals surface area (Å²) in [4.78, 5) is 7.47. The quantitative estimate of drug-likeness (QED) is 0.704. The van der Waals surface area contributed by atoms with Gasteiger partial charge in [-0.3, -0.25) is 5.10 Å². The standard InChI is InChI=1S/C8H9N5O2S/c1-16(14,15)8-10-4-5(7(9)12-8)6-2-3-11-13-6/h2-4H,1H3,(H,11,13)(H2,9,10,12). The maximum absolute atomic E-state index is 11.2. The average molecular weight is 239 g/mol. The lowest BCUT2D eigenvalue weighted by Gasteiger charge is -2.03. The highest BCUT2D eigenvalue weighted by Crippen LogP contribution is 2.21. The molecule has 0 aliphatic rings. The third kappa shape index (κ3) is 1.87. The summed E-state index contributed by atoms with van der Waals surface area (Å²) in [6, 6.07) is 1.69. The van der Waals surface area contributed by atoms with Crippen molar-refractivity contribution < 1.29 is 8.42 Å². The summed E-state index contributed by atoms with van der Waals surface area (Å²) in [5, 5.41) is 6.17. The van der Waals surface area contributed by atoms with Crippen LogP contribution >= 0.6 is 0 Å². The number of hydrogen-bond acceptors (Lipinski definition) is 6. The molecule has 8 heteroatoms. The number of sulfone groups is 1. The number of rotatable bonds is 2. The van der Waals surface area contributed by atoms with Crippen LogP contribution in [0.4, 0.5) is 5.82 Å². The van der Waals surface area contributed by atoms with Gasteiger partial charge in [0.15, 0.2) is 0 Å². The van der Waals surface area contributed by atoms with Crippen molar-refractivity contribution in [2.24, 2.45) is 0 Å². The molecule has 2 rings (SSSR count). The van der Waals surface area contributed by atoms with Gasteiger partial charge in [-0.15, -0.1) is 0 Å². The van der Waals surface area contributed by atoms with E-state index in [1.807, 2.05) is 0 Å². The van der Waals surface area contributed by atoms with Crippen LogP contribution in [0.3, 0.4) is 0 Å². The van der Waals surface area contributed by atoms with E-state index in [0.717, 1.165) is 6.26 Å². The van der Waals surface area contributed by atoms with Gasteiger partial charge >= 0.3 is 0 Å². The minimum atomic E-state index is -3.44. The second-order valence-electron chi connectivity index (χ2n) is 3.19. The van der Waals surface area contributed by atoms with Crippen molar-refractivity contribution in [3.05, 3.63) is 18.5 Å². The number of aromatic amines is 1. The van der Waals surface area contributed by atoms with Crippen molar-refractivity contribution in [2.75, 3.05) is 12.0 Å². The predicted octanol–water partition coefficient (Wildman–Crippen LogP) is -0.148. The summed E-state index contributed by atoms with van der Waals surface area (Å²) < 4.78 is 22.4. The maximum atomic E-state index is 11.2. The average Bonchev–Trinajstić information content (AvgIpc) is 2.69.